The highest BCUT2D eigenvalue weighted by Gasteiger charge is 2.26. The molecule has 0 aromatic heterocycles. The molecule has 55 valence electrons. The smallest absolute Gasteiger partial charge is 0.315 e. The fourth-order valence-electron chi connectivity index (χ4n) is 1.15. The fourth-order valence-corrected chi connectivity index (χ4v) is 1.15. The van der Waals surface area contributed by atoms with Gasteiger partial charge < -0.3 is 10.6 Å². The van der Waals surface area contributed by atoms with Gasteiger partial charge >= 0.3 is 6.03 Å². The van der Waals surface area contributed by atoms with E-state index in [0.717, 1.165) is 6.42 Å². The Morgan fingerprint density at radius 2 is 2.40 bits per heavy atom. The number of nitrogens with zero attached hydrogens (tertiary/aromatic N) is 1. The quantitative estimate of drug-likeness (QED) is 0.542. The molecule has 0 aromatic carbocycles. The number of hydrogen-bond donors (Lipinski definition) is 1. The zero-order chi connectivity index (χ0) is 7.56. The molecule has 0 bridgehead atoms. The third kappa shape index (κ3) is 1.10. The van der Waals surface area contributed by atoms with Crippen LogP contribution in [0.2, 0.25) is 0 Å². The van der Waals surface area contributed by atoms with Crippen molar-refractivity contribution in [3.63, 3.8) is 0 Å². The predicted molar refractivity (Wildman–Crippen MR) is 35.0 cm³/mol. The Morgan fingerprint density at radius 3 is 2.80 bits per heavy atom. The van der Waals surface area contributed by atoms with Gasteiger partial charge in [-0.2, -0.15) is 0 Å². The van der Waals surface area contributed by atoms with Crippen LogP contribution in [-0.4, -0.2) is 29.8 Å². The van der Waals surface area contributed by atoms with Gasteiger partial charge in [-0.15, -0.1) is 0 Å². The largest absolute Gasteiger partial charge is 0.351 e. The summed E-state index contributed by atoms with van der Waals surface area (Å²) < 4.78 is 0. The predicted octanol–water partition coefficient (Wildman–Crippen LogP) is -0.361. The van der Waals surface area contributed by atoms with Gasteiger partial charge in [-0.25, -0.2) is 4.79 Å². The van der Waals surface area contributed by atoms with Crippen molar-refractivity contribution in [2.75, 3.05) is 6.54 Å². The lowest BCUT2D eigenvalue weighted by atomic mass is 10.2. The average molecular weight is 141 g/mol. The average Bonchev–Trinajstić information content (AvgIpc) is 2.33. The number of carbonyl (C=O) groups excluding carboxylic acids is 2. The second-order valence-corrected chi connectivity index (χ2v) is 2.31. The molecule has 1 aliphatic rings. The lowest BCUT2D eigenvalue weighted by Gasteiger charge is -2.15. The van der Waals surface area contributed by atoms with E-state index in [1.807, 2.05) is 0 Å². The van der Waals surface area contributed by atoms with Gasteiger partial charge in [0.1, 0.15) is 6.04 Å². The molecular weight excluding hydrogens is 132 g/mol. The van der Waals surface area contributed by atoms with Crippen molar-refractivity contribution in [2.45, 2.75) is 18.9 Å². The van der Waals surface area contributed by atoms with Crippen LogP contribution in [0.5, 0.6) is 0 Å². The number of carbonyl (C=O) groups is 1. The summed E-state index contributed by atoms with van der Waals surface area (Å²) in [4.78, 5) is 22.0. The number of hydrogen-bond acceptors (Lipinski definition) is 2. The highest BCUT2D eigenvalue weighted by Crippen LogP contribution is 2.13. The van der Waals surface area contributed by atoms with Crippen LogP contribution < -0.4 is 5.73 Å². The molecule has 2 N–H and O–H groups in total. The molecule has 1 atom stereocenters. The Kier molecular flexibility index (Phi) is 1.89. The molecule has 1 fully saturated rings. The maximum Gasteiger partial charge on any atom is 0.315 e. The lowest BCUT2D eigenvalue weighted by molar-refractivity contribution is 0.212. The summed E-state index contributed by atoms with van der Waals surface area (Å²) in [5.74, 6) is 0. The van der Waals surface area contributed by atoms with E-state index in [-0.39, 0.29) is 0 Å². The van der Waals surface area contributed by atoms with E-state index in [4.69, 9.17) is 5.73 Å². The van der Waals surface area contributed by atoms with Gasteiger partial charge in [-0.1, -0.05) is 0 Å². The Bertz CT molecular complexity index is 158. The number of rotatable bonds is 1. The zero-order valence-electron chi connectivity index (χ0n) is 5.54. The van der Waals surface area contributed by atoms with Crippen molar-refractivity contribution >= 4 is 12.3 Å². The molecule has 1 aliphatic heterocycles. The van der Waals surface area contributed by atoms with Gasteiger partial charge in [0.2, 0.25) is 6.29 Å². The molecule has 1 radical (unpaired) electrons. The second-order valence-electron chi connectivity index (χ2n) is 2.31. The van der Waals surface area contributed by atoms with Gasteiger partial charge in [0.25, 0.3) is 0 Å². The number of likely N-dealkylation sites (tertiary alicyclic amines) is 1. The third-order valence-corrected chi connectivity index (χ3v) is 1.67. The lowest BCUT2D eigenvalue weighted by Crippen LogP contribution is -2.40. The van der Waals surface area contributed by atoms with Crippen LogP contribution in [-0.2, 0) is 4.79 Å². The number of urea groups is 1. The Labute approximate surface area is 59.0 Å². The Morgan fingerprint density at radius 1 is 1.70 bits per heavy atom. The van der Waals surface area contributed by atoms with E-state index in [0.29, 0.717) is 13.0 Å². The normalized spacial score (nSPS) is 24.8. The molecule has 0 aliphatic carbocycles. The third-order valence-electron chi connectivity index (χ3n) is 1.67. The maximum absolute atomic E-state index is 10.5. The van der Waals surface area contributed by atoms with Crippen LogP contribution in [0.4, 0.5) is 4.79 Å². The van der Waals surface area contributed by atoms with Crippen molar-refractivity contribution < 1.29 is 9.59 Å². The van der Waals surface area contributed by atoms with Gasteiger partial charge in [0.05, 0.1) is 0 Å². The zero-order valence-corrected chi connectivity index (χ0v) is 5.54. The van der Waals surface area contributed by atoms with Crippen LogP contribution in [0, 0.1) is 0 Å². The first-order valence-electron chi connectivity index (χ1n) is 3.19. The van der Waals surface area contributed by atoms with Crippen LogP contribution in [0.25, 0.3) is 0 Å². The van der Waals surface area contributed by atoms with Crippen molar-refractivity contribution in [1.29, 1.82) is 0 Å². The monoisotopic (exact) mass is 141 g/mol. The van der Waals surface area contributed by atoms with Gasteiger partial charge in [0, 0.05) is 6.54 Å². The first kappa shape index (κ1) is 7.05. The SMILES string of the molecule is NC(=O)N1CCCC1[C]=O. The summed E-state index contributed by atoms with van der Waals surface area (Å²) in [6, 6.07) is -0.914. The molecular formula is C6H9N2O2. The van der Waals surface area contributed by atoms with Crippen LogP contribution >= 0.6 is 0 Å². The van der Waals surface area contributed by atoms with E-state index < -0.39 is 12.1 Å². The Hall–Kier alpha value is -1.06. The molecule has 4 heteroatoms. The summed E-state index contributed by atoms with van der Waals surface area (Å²) in [5.41, 5.74) is 4.97. The van der Waals surface area contributed by atoms with E-state index in [1.165, 1.54) is 4.90 Å². The second kappa shape index (κ2) is 2.68. The highest BCUT2D eigenvalue weighted by molar-refractivity contribution is 5.77. The minimum Gasteiger partial charge on any atom is -0.351 e. The molecule has 1 unspecified atom stereocenters. The van der Waals surface area contributed by atoms with E-state index in [9.17, 15) is 9.59 Å². The van der Waals surface area contributed by atoms with E-state index in [2.05, 4.69) is 0 Å². The number of nitrogens with two attached hydrogens (primary N) is 1. The van der Waals surface area contributed by atoms with E-state index in [1.54, 1.807) is 6.29 Å². The first-order chi connectivity index (χ1) is 4.75. The van der Waals surface area contributed by atoms with Crippen molar-refractivity contribution in [3.8, 4) is 0 Å². The van der Waals surface area contributed by atoms with Crippen molar-refractivity contribution in [3.05, 3.63) is 0 Å². The summed E-state index contributed by atoms with van der Waals surface area (Å²) in [7, 11) is 0. The van der Waals surface area contributed by atoms with Gasteiger partial charge in [-0.05, 0) is 12.8 Å². The van der Waals surface area contributed by atoms with Crippen LogP contribution in [0.15, 0.2) is 0 Å². The molecule has 4 nitrogen and oxygen atoms in total. The fraction of sp³-hybridized carbons (Fsp3) is 0.667. The summed E-state index contributed by atoms with van der Waals surface area (Å²) >= 11 is 0. The molecule has 1 rings (SSSR count). The number of primary amides is 1. The van der Waals surface area contributed by atoms with Gasteiger partial charge in [-0.3, -0.25) is 4.79 Å². The van der Waals surface area contributed by atoms with E-state index >= 15 is 0 Å². The molecule has 1 saturated heterocycles. The summed E-state index contributed by atoms with van der Waals surface area (Å²) in [6.07, 6.45) is 3.32. The summed E-state index contributed by atoms with van der Waals surface area (Å²) in [5, 5.41) is 0. The van der Waals surface area contributed by atoms with Crippen molar-refractivity contribution in [1.82, 2.24) is 4.90 Å². The van der Waals surface area contributed by atoms with Crippen LogP contribution in [0.3, 0.4) is 0 Å². The minimum atomic E-state index is -0.522. The van der Waals surface area contributed by atoms with Gasteiger partial charge in [0.15, 0.2) is 0 Å². The number of amides is 2. The molecule has 0 saturated carbocycles. The topological polar surface area (TPSA) is 63.4 Å². The molecule has 2 amide bonds. The maximum atomic E-state index is 10.5. The standard InChI is InChI=1S/C6H9N2O2/c7-6(10)8-3-1-2-5(8)4-9/h5H,1-3H2,(H2,7,10). The first-order valence-corrected chi connectivity index (χ1v) is 3.19. The minimum absolute atomic E-state index is 0.391. The summed E-state index contributed by atoms with van der Waals surface area (Å²) in [6.45, 7) is 0.592. The molecule has 1 heterocycles. The molecule has 0 spiro atoms. The highest BCUT2D eigenvalue weighted by atomic mass is 16.2. The van der Waals surface area contributed by atoms with Crippen LogP contribution in [0.1, 0.15) is 12.8 Å². The van der Waals surface area contributed by atoms with Crippen molar-refractivity contribution in [2.24, 2.45) is 5.73 Å². The molecule has 10 heavy (non-hydrogen) atoms. The molecule has 0 aromatic rings. The Balaban J connectivity index is 2.58.